The van der Waals surface area contributed by atoms with Gasteiger partial charge < -0.3 is 10.6 Å². The van der Waals surface area contributed by atoms with E-state index < -0.39 is 0 Å². The molecule has 1 aromatic heterocycles. The third kappa shape index (κ3) is 2.88. The van der Waals surface area contributed by atoms with E-state index in [1.165, 1.54) is 6.33 Å². The minimum absolute atomic E-state index is 0.0397. The predicted octanol–water partition coefficient (Wildman–Crippen LogP) is 1.25. The second-order valence-electron chi connectivity index (χ2n) is 3.86. The van der Waals surface area contributed by atoms with Gasteiger partial charge in [0.1, 0.15) is 11.3 Å². The van der Waals surface area contributed by atoms with Crippen molar-refractivity contribution in [2.24, 2.45) is 5.92 Å². The predicted molar refractivity (Wildman–Crippen MR) is 66.4 cm³/mol. The minimum Gasteiger partial charge on any atom is -0.355 e. The van der Waals surface area contributed by atoms with E-state index in [2.05, 4.69) is 20.6 Å². The van der Waals surface area contributed by atoms with E-state index in [-0.39, 0.29) is 33.7 Å². The first-order valence-corrected chi connectivity index (χ1v) is 6.07. The van der Waals surface area contributed by atoms with Crippen LogP contribution in [0.5, 0.6) is 0 Å². The maximum absolute atomic E-state index is 11.9. The minimum atomic E-state index is -0.285. The van der Waals surface area contributed by atoms with E-state index >= 15 is 0 Å². The maximum Gasteiger partial charge on any atom is 0.230 e. The van der Waals surface area contributed by atoms with E-state index in [0.29, 0.717) is 19.4 Å². The molecule has 1 saturated heterocycles. The SMILES string of the molecule is O=C1CCC(C(=O)Nc2ncnc(Cl)c2Cl)CN1. The Bertz CT molecular complexity index is 485. The second-order valence-corrected chi connectivity index (χ2v) is 4.59. The van der Waals surface area contributed by atoms with Crippen molar-refractivity contribution in [2.75, 3.05) is 11.9 Å². The number of nitrogens with one attached hydrogen (secondary N) is 2. The zero-order valence-electron chi connectivity index (χ0n) is 9.24. The molecular weight excluding hydrogens is 279 g/mol. The van der Waals surface area contributed by atoms with Gasteiger partial charge in [-0.25, -0.2) is 9.97 Å². The highest BCUT2D eigenvalue weighted by Crippen LogP contribution is 2.26. The number of rotatable bonds is 2. The van der Waals surface area contributed by atoms with Crippen LogP contribution in [-0.2, 0) is 9.59 Å². The van der Waals surface area contributed by atoms with Crippen LogP contribution >= 0.6 is 23.2 Å². The molecular formula is C10H10Cl2N4O2. The van der Waals surface area contributed by atoms with Gasteiger partial charge in [-0.1, -0.05) is 23.2 Å². The van der Waals surface area contributed by atoms with Gasteiger partial charge in [-0.05, 0) is 6.42 Å². The van der Waals surface area contributed by atoms with Gasteiger partial charge in [0, 0.05) is 13.0 Å². The number of aromatic nitrogens is 2. The fraction of sp³-hybridized carbons (Fsp3) is 0.400. The first kappa shape index (κ1) is 13.0. The van der Waals surface area contributed by atoms with Crippen LogP contribution in [0, 0.1) is 5.92 Å². The Morgan fingerprint density at radius 3 is 2.89 bits per heavy atom. The molecule has 2 heterocycles. The monoisotopic (exact) mass is 288 g/mol. The molecule has 1 fully saturated rings. The standard InChI is InChI=1S/C10H10Cl2N4O2/c11-7-8(12)14-4-15-9(7)16-10(18)5-1-2-6(17)13-3-5/h4-5H,1-3H2,(H,13,17)(H,14,15,16,18). The summed E-state index contributed by atoms with van der Waals surface area (Å²) >= 11 is 11.6. The van der Waals surface area contributed by atoms with Crippen molar-refractivity contribution in [2.45, 2.75) is 12.8 Å². The molecule has 2 N–H and O–H groups in total. The van der Waals surface area contributed by atoms with E-state index in [9.17, 15) is 9.59 Å². The fourth-order valence-electron chi connectivity index (χ4n) is 1.61. The van der Waals surface area contributed by atoms with E-state index in [0.717, 1.165) is 0 Å². The first-order chi connectivity index (χ1) is 8.58. The highest BCUT2D eigenvalue weighted by molar-refractivity contribution is 6.42. The van der Waals surface area contributed by atoms with Gasteiger partial charge in [0.25, 0.3) is 0 Å². The van der Waals surface area contributed by atoms with Gasteiger partial charge in [-0.3, -0.25) is 9.59 Å². The zero-order valence-corrected chi connectivity index (χ0v) is 10.8. The number of hydrogen-bond acceptors (Lipinski definition) is 4. The highest BCUT2D eigenvalue weighted by Gasteiger charge is 2.25. The molecule has 0 radical (unpaired) electrons. The number of halogens is 2. The lowest BCUT2D eigenvalue weighted by Crippen LogP contribution is -2.40. The molecule has 2 rings (SSSR count). The summed E-state index contributed by atoms with van der Waals surface area (Å²) in [4.78, 5) is 30.4. The topological polar surface area (TPSA) is 84.0 Å². The Hall–Kier alpha value is -1.40. The third-order valence-corrected chi connectivity index (χ3v) is 3.37. The number of carbonyl (C=O) groups excluding carboxylic acids is 2. The Balaban J connectivity index is 2.03. The molecule has 8 heteroatoms. The smallest absolute Gasteiger partial charge is 0.230 e. The molecule has 0 aliphatic carbocycles. The van der Waals surface area contributed by atoms with E-state index in [1.807, 2.05) is 0 Å². The van der Waals surface area contributed by atoms with Crippen LogP contribution in [-0.4, -0.2) is 28.3 Å². The Morgan fingerprint density at radius 2 is 2.22 bits per heavy atom. The van der Waals surface area contributed by atoms with Crippen molar-refractivity contribution in [3.05, 3.63) is 16.5 Å². The lowest BCUT2D eigenvalue weighted by molar-refractivity contribution is -0.126. The van der Waals surface area contributed by atoms with Crippen molar-refractivity contribution in [3.8, 4) is 0 Å². The largest absolute Gasteiger partial charge is 0.355 e. The van der Waals surface area contributed by atoms with Crippen LogP contribution in [0.2, 0.25) is 10.2 Å². The van der Waals surface area contributed by atoms with Crippen molar-refractivity contribution in [1.82, 2.24) is 15.3 Å². The van der Waals surface area contributed by atoms with Crippen molar-refractivity contribution in [1.29, 1.82) is 0 Å². The number of hydrogen-bond donors (Lipinski definition) is 2. The normalized spacial score (nSPS) is 19.2. The van der Waals surface area contributed by atoms with E-state index in [4.69, 9.17) is 23.2 Å². The number of carbonyl (C=O) groups is 2. The van der Waals surface area contributed by atoms with Crippen molar-refractivity contribution in [3.63, 3.8) is 0 Å². The molecule has 1 aromatic rings. The molecule has 6 nitrogen and oxygen atoms in total. The molecule has 18 heavy (non-hydrogen) atoms. The Morgan fingerprint density at radius 1 is 1.44 bits per heavy atom. The van der Waals surface area contributed by atoms with Crippen LogP contribution < -0.4 is 10.6 Å². The molecule has 0 bridgehead atoms. The fourth-order valence-corrected chi connectivity index (χ4v) is 1.89. The molecule has 96 valence electrons. The Labute approximate surface area is 113 Å². The molecule has 1 aliphatic rings. The third-order valence-electron chi connectivity index (χ3n) is 2.62. The summed E-state index contributed by atoms with van der Waals surface area (Å²) in [6.45, 7) is 0.321. The summed E-state index contributed by atoms with van der Waals surface area (Å²) in [5, 5.41) is 5.40. The summed E-state index contributed by atoms with van der Waals surface area (Å²) in [5.74, 6) is -0.389. The van der Waals surface area contributed by atoms with Crippen LogP contribution in [0.1, 0.15) is 12.8 Å². The summed E-state index contributed by atoms with van der Waals surface area (Å²) in [6.07, 6.45) is 2.07. The second kappa shape index (κ2) is 5.49. The lowest BCUT2D eigenvalue weighted by atomic mass is 9.98. The summed E-state index contributed by atoms with van der Waals surface area (Å²) in [5.41, 5.74) is 0. The summed E-state index contributed by atoms with van der Waals surface area (Å²) in [6, 6.07) is 0. The molecule has 0 spiro atoms. The number of amides is 2. The maximum atomic E-state index is 11.9. The van der Waals surface area contributed by atoms with Crippen LogP contribution in [0.4, 0.5) is 5.82 Å². The van der Waals surface area contributed by atoms with Gasteiger partial charge >= 0.3 is 0 Å². The van der Waals surface area contributed by atoms with Crippen LogP contribution in [0.3, 0.4) is 0 Å². The first-order valence-electron chi connectivity index (χ1n) is 5.31. The molecule has 1 unspecified atom stereocenters. The van der Waals surface area contributed by atoms with Crippen LogP contribution in [0.15, 0.2) is 6.33 Å². The summed E-state index contributed by atoms with van der Waals surface area (Å²) < 4.78 is 0. The number of anilines is 1. The van der Waals surface area contributed by atoms with Crippen LogP contribution in [0.25, 0.3) is 0 Å². The van der Waals surface area contributed by atoms with Gasteiger partial charge in [0.15, 0.2) is 11.0 Å². The summed E-state index contributed by atoms with van der Waals surface area (Å²) in [7, 11) is 0. The quantitative estimate of drug-likeness (QED) is 0.802. The average Bonchev–Trinajstić information content (AvgIpc) is 2.36. The van der Waals surface area contributed by atoms with Crippen molar-refractivity contribution >= 4 is 40.8 Å². The zero-order chi connectivity index (χ0) is 13.1. The number of nitrogens with zero attached hydrogens (tertiary/aromatic N) is 2. The van der Waals surface area contributed by atoms with Crippen molar-refractivity contribution < 1.29 is 9.59 Å². The molecule has 0 saturated carbocycles. The lowest BCUT2D eigenvalue weighted by Gasteiger charge is -2.21. The molecule has 0 aromatic carbocycles. The molecule has 1 atom stereocenters. The molecule has 1 aliphatic heterocycles. The van der Waals surface area contributed by atoms with E-state index in [1.54, 1.807) is 0 Å². The van der Waals surface area contributed by atoms with Gasteiger partial charge in [0.05, 0.1) is 5.92 Å². The van der Waals surface area contributed by atoms with Gasteiger partial charge in [-0.2, -0.15) is 0 Å². The van der Waals surface area contributed by atoms with Gasteiger partial charge in [-0.15, -0.1) is 0 Å². The average molecular weight is 289 g/mol. The Kier molecular flexibility index (Phi) is 3.98. The highest BCUT2D eigenvalue weighted by atomic mass is 35.5. The van der Waals surface area contributed by atoms with Gasteiger partial charge in [0.2, 0.25) is 11.8 Å². The molecule has 2 amide bonds. The number of piperidine rings is 1.